The summed E-state index contributed by atoms with van der Waals surface area (Å²) in [4.78, 5) is 18.9. The van der Waals surface area contributed by atoms with Gasteiger partial charge in [0, 0.05) is 29.8 Å². The molecule has 2 N–H and O–H groups in total. The molecule has 0 bridgehead atoms. The van der Waals surface area contributed by atoms with Gasteiger partial charge in [-0.05, 0) is 50.6 Å². The van der Waals surface area contributed by atoms with Crippen molar-refractivity contribution >= 4 is 12.0 Å². The van der Waals surface area contributed by atoms with Crippen molar-refractivity contribution in [2.45, 2.75) is 32.7 Å². The second kappa shape index (κ2) is 9.94. The molecule has 0 radical (unpaired) electrons. The number of carbonyl (C=O) groups is 1. The molecular formula is C26H30N4O2. The van der Waals surface area contributed by atoms with E-state index in [2.05, 4.69) is 59.7 Å². The smallest absolute Gasteiger partial charge is 0.267 e. The summed E-state index contributed by atoms with van der Waals surface area (Å²) in [7, 11) is 0. The number of aryl methyl sites for hydroxylation is 1. The number of hydrogen-bond acceptors (Lipinski definition) is 4. The highest BCUT2D eigenvalue weighted by Crippen LogP contribution is 2.36. The van der Waals surface area contributed by atoms with Gasteiger partial charge in [-0.2, -0.15) is 0 Å². The second-order valence-electron chi connectivity index (χ2n) is 8.23. The topological polar surface area (TPSA) is 70.4 Å². The lowest BCUT2D eigenvalue weighted by atomic mass is 10.0. The highest BCUT2D eigenvalue weighted by Gasteiger charge is 2.27. The van der Waals surface area contributed by atoms with Crippen LogP contribution in [0.3, 0.4) is 0 Å². The van der Waals surface area contributed by atoms with E-state index in [1.165, 1.54) is 12.5 Å². The van der Waals surface area contributed by atoms with Gasteiger partial charge < -0.3 is 9.47 Å². The van der Waals surface area contributed by atoms with E-state index in [-0.39, 0.29) is 0 Å². The molecule has 0 spiro atoms. The summed E-state index contributed by atoms with van der Waals surface area (Å²) >= 11 is 0. The largest absolute Gasteiger partial charge is 0.319 e. The van der Waals surface area contributed by atoms with Crippen LogP contribution in [0.5, 0.6) is 0 Å². The minimum atomic E-state index is -0.551. The molecule has 1 fully saturated rings. The van der Waals surface area contributed by atoms with E-state index in [1.54, 1.807) is 11.6 Å². The fourth-order valence-corrected chi connectivity index (χ4v) is 4.57. The van der Waals surface area contributed by atoms with Gasteiger partial charge in [0.2, 0.25) is 0 Å². The lowest BCUT2D eigenvalue weighted by molar-refractivity contribution is -0.124. The van der Waals surface area contributed by atoms with E-state index in [0.29, 0.717) is 6.04 Å². The fraction of sp³-hybridized carbons (Fsp3) is 0.308. The maximum Gasteiger partial charge on any atom is 0.267 e. The third-order valence-corrected chi connectivity index (χ3v) is 6.11. The number of hydrogen-bond donors (Lipinski definition) is 2. The van der Waals surface area contributed by atoms with Gasteiger partial charge in [-0.3, -0.25) is 10.0 Å². The average Bonchev–Trinajstić information content (AvgIpc) is 3.20. The molecule has 1 aromatic heterocycles. The summed E-state index contributed by atoms with van der Waals surface area (Å²) in [5.41, 5.74) is 6.81. The summed E-state index contributed by atoms with van der Waals surface area (Å²) in [6.45, 7) is 7.49. The van der Waals surface area contributed by atoms with Crippen molar-refractivity contribution in [3.8, 4) is 22.6 Å². The number of nitrogens with one attached hydrogen (secondary N) is 1. The Labute approximate surface area is 189 Å². The lowest BCUT2D eigenvalue weighted by Crippen LogP contribution is -2.36. The van der Waals surface area contributed by atoms with Crippen LogP contribution < -0.4 is 5.48 Å². The van der Waals surface area contributed by atoms with E-state index < -0.39 is 5.91 Å². The predicted molar refractivity (Wildman–Crippen MR) is 127 cm³/mol. The number of aromatic nitrogens is 2. The fourth-order valence-electron chi connectivity index (χ4n) is 4.57. The van der Waals surface area contributed by atoms with Gasteiger partial charge in [0.25, 0.3) is 5.91 Å². The van der Waals surface area contributed by atoms with Crippen LogP contribution in [-0.4, -0.2) is 45.2 Å². The molecule has 1 saturated heterocycles. The van der Waals surface area contributed by atoms with Crippen LogP contribution in [0.15, 0.2) is 60.7 Å². The van der Waals surface area contributed by atoms with Crippen LogP contribution in [0.25, 0.3) is 28.7 Å². The van der Waals surface area contributed by atoms with E-state index in [0.717, 1.165) is 60.0 Å². The molecule has 32 heavy (non-hydrogen) atoms. The van der Waals surface area contributed by atoms with Gasteiger partial charge in [0.1, 0.15) is 5.82 Å². The zero-order valence-corrected chi connectivity index (χ0v) is 18.7. The number of likely N-dealkylation sites (tertiary alicyclic amines) is 1. The van der Waals surface area contributed by atoms with E-state index in [1.807, 2.05) is 18.2 Å². The Morgan fingerprint density at radius 2 is 1.97 bits per heavy atom. The average molecular weight is 431 g/mol. The lowest BCUT2D eigenvalue weighted by Gasteiger charge is -2.34. The molecule has 1 atom stereocenters. The minimum Gasteiger partial charge on any atom is -0.319 e. The number of likely N-dealkylation sites (N-methyl/N-ethyl adjacent to an activating group) is 1. The molecule has 4 rings (SSSR count). The predicted octanol–water partition coefficient (Wildman–Crippen LogP) is 4.70. The van der Waals surface area contributed by atoms with Crippen molar-refractivity contribution in [3.63, 3.8) is 0 Å². The Hall–Kier alpha value is -3.22. The van der Waals surface area contributed by atoms with Crippen molar-refractivity contribution in [1.82, 2.24) is 19.9 Å². The molecule has 1 unspecified atom stereocenters. The van der Waals surface area contributed by atoms with E-state index >= 15 is 0 Å². The molecule has 1 amide bonds. The third-order valence-electron chi connectivity index (χ3n) is 6.11. The standard InChI is InChI=1S/C26H30N4O2/c1-3-29-16-8-13-23(18-29)30-25(19(2)27-26(30)21-10-5-4-6-11-21)22-12-7-9-20(17-22)14-15-24(31)28-32/h4-7,9-12,14-15,17,23,32H,3,8,13,16,18H2,1-2H3,(H,28,31)/b15-14+. The molecule has 1 aliphatic rings. The first-order valence-electron chi connectivity index (χ1n) is 11.2. The first-order valence-corrected chi connectivity index (χ1v) is 11.2. The second-order valence-corrected chi connectivity index (χ2v) is 8.23. The maximum absolute atomic E-state index is 11.4. The quantitative estimate of drug-likeness (QED) is 0.338. The molecule has 6 heteroatoms. The van der Waals surface area contributed by atoms with E-state index in [4.69, 9.17) is 10.2 Å². The Kier molecular flexibility index (Phi) is 6.83. The van der Waals surface area contributed by atoms with Gasteiger partial charge in [0.15, 0.2) is 0 Å². The SMILES string of the molecule is CCN1CCCC(n2c(-c3ccccc3)nc(C)c2-c2cccc(/C=C/C(=O)NO)c2)C1. The molecule has 2 aromatic carbocycles. The van der Waals surface area contributed by atoms with Gasteiger partial charge in [-0.25, -0.2) is 10.5 Å². The van der Waals surface area contributed by atoms with Crippen molar-refractivity contribution in [2.24, 2.45) is 0 Å². The monoisotopic (exact) mass is 430 g/mol. The molecule has 166 valence electrons. The molecule has 2 heterocycles. The summed E-state index contributed by atoms with van der Waals surface area (Å²) in [5, 5.41) is 8.75. The first kappa shape index (κ1) is 22.0. The van der Waals surface area contributed by atoms with Crippen molar-refractivity contribution < 1.29 is 10.0 Å². The number of hydroxylamine groups is 1. The highest BCUT2D eigenvalue weighted by atomic mass is 16.5. The number of imidazole rings is 1. The zero-order valence-electron chi connectivity index (χ0n) is 18.7. The van der Waals surface area contributed by atoms with Gasteiger partial charge >= 0.3 is 0 Å². The van der Waals surface area contributed by atoms with Crippen LogP contribution in [0.2, 0.25) is 0 Å². The molecule has 0 aliphatic carbocycles. The molecular weight excluding hydrogens is 400 g/mol. The highest BCUT2D eigenvalue weighted by molar-refractivity contribution is 5.91. The Balaban J connectivity index is 1.83. The summed E-state index contributed by atoms with van der Waals surface area (Å²) in [6, 6.07) is 18.8. The normalized spacial score (nSPS) is 17.0. The molecule has 6 nitrogen and oxygen atoms in total. The molecule has 3 aromatic rings. The minimum absolute atomic E-state index is 0.342. The summed E-state index contributed by atoms with van der Waals surface area (Å²) in [6.07, 6.45) is 5.30. The Bertz CT molecular complexity index is 1100. The van der Waals surface area contributed by atoms with Crippen LogP contribution in [0.1, 0.15) is 37.1 Å². The number of amides is 1. The Morgan fingerprint density at radius 1 is 1.19 bits per heavy atom. The first-order chi connectivity index (χ1) is 15.6. The zero-order chi connectivity index (χ0) is 22.5. The van der Waals surface area contributed by atoms with Crippen LogP contribution >= 0.6 is 0 Å². The van der Waals surface area contributed by atoms with Gasteiger partial charge in [-0.1, -0.05) is 55.5 Å². The van der Waals surface area contributed by atoms with Gasteiger partial charge in [-0.15, -0.1) is 0 Å². The van der Waals surface area contributed by atoms with Crippen molar-refractivity contribution in [1.29, 1.82) is 0 Å². The van der Waals surface area contributed by atoms with Crippen LogP contribution in [0, 0.1) is 6.92 Å². The maximum atomic E-state index is 11.4. The van der Waals surface area contributed by atoms with Crippen molar-refractivity contribution in [2.75, 3.05) is 19.6 Å². The molecule has 1 aliphatic heterocycles. The molecule has 0 saturated carbocycles. The number of rotatable bonds is 6. The Morgan fingerprint density at radius 3 is 2.72 bits per heavy atom. The van der Waals surface area contributed by atoms with Crippen LogP contribution in [-0.2, 0) is 4.79 Å². The van der Waals surface area contributed by atoms with Crippen molar-refractivity contribution in [3.05, 3.63) is 71.9 Å². The number of nitrogens with zero attached hydrogens (tertiary/aromatic N) is 3. The van der Waals surface area contributed by atoms with E-state index in [9.17, 15) is 4.79 Å². The third kappa shape index (κ3) is 4.66. The summed E-state index contributed by atoms with van der Waals surface area (Å²) in [5.74, 6) is 0.450. The van der Waals surface area contributed by atoms with Crippen LogP contribution in [0.4, 0.5) is 0 Å². The number of carbonyl (C=O) groups excluding carboxylic acids is 1. The number of piperidine rings is 1. The summed E-state index contributed by atoms with van der Waals surface area (Å²) < 4.78 is 2.43. The van der Waals surface area contributed by atoms with Gasteiger partial charge in [0.05, 0.1) is 11.4 Å². The number of benzene rings is 2.